The van der Waals surface area contributed by atoms with Gasteiger partial charge >= 0.3 is 0 Å². The zero-order valence-electron chi connectivity index (χ0n) is 11.9. The molecule has 5 nitrogen and oxygen atoms in total. The van der Waals surface area contributed by atoms with Crippen LogP contribution in [0.25, 0.3) is 0 Å². The fraction of sp³-hybridized carbons (Fsp3) is 0.600. The van der Waals surface area contributed by atoms with Gasteiger partial charge in [-0.3, -0.25) is 4.90 Å². The summed E-state index contributed by atoms with van der Waals surface area (Å²) in [6, 6.07) is 5.96. The molecule has 2 heterocycles. The van der Waals surface area contributed by atoms with E-state index in [2.05, 4.69) is 17.1 Å². The highest BCUT2D eigenvalue weighted by Crippen LogP contribution is 2.37. The standard InChI is InChI=1S/C15H22N2O3/c1-15(10-18,17-7-2-5-16-6-8-17)12-3-4-13-14(9-12)20-11-19-13/h3-4,9,16,18H,2,5-8,10-11H2,1H3. The number of benzene rings is 1. The highest BCUT2D eigenvalue weighted by Gasteiger charge is 2.34. The molecular formula is C15H22N2O3. The van der Waals surface area contributed by atoms with E-state index in [4.69, 9.17) is 9.47 Å². The molecule has 1 fully saturated rings. The number of fused-ring (bicyclic) bond motifs is 1. The van der Waals surface area contributed by atoms with E-state index in [1.807, 2.05) is 18.2 Å². The van der Waals surface area contributed by atoms with E-state index >= 15 is 0 Å². The van der Waals surface area contributed by atoms with Crippen molar-refractivity contribution in [2.75, 3.05) is 39.6 Å². The van der Waals surface area contributed by atoms with Gasteiger partial charge in [-0.2, -0.15) is 0 Å². The highest BCUT2D eigenvalue weighted by molar-refractivity contribution is 5.46. The van der Waals surface area contributed by atoms with Crippen molar-refractivity contribution in [2.45, 2.75) is 18.9 Å². The lowest BCUT2D eigenvalue weighted by molar-refractivity contribution is 0.0451. The van der Waals surface area contributed by atoms with Crippen LogP contribution in [0.3, 0.4) is 0 Å². The third kappa shape index (κ3) is 2.37. The number of hydrogen-bond acceptors (Lipinski definition) is 5. The molecule has 110 valence electrons. The van der Waals surface area contributed by atoms with Crippen molar-refractivity contribution < 1.29 is 14.6 Å². The van der Waals surface area contributed by atoms with Gasteiger partial charge in [0.1, 0.15) is 0 Å². The van der Waals surface area contributed by atoms with Gasteiger partial charge in [-0.15, -0.1) is 0 Å². The van der Waals surface area contributed by atoms with E-state index in [1.54, 1.807) is 0 Å². The van der Waals surface area contributed by atoms with Gasteiger partial charge in [0.2, 0.25) is 6.79 Å². The molecular weight excluding hydrogens is 256 g/mol. The first kappa shape index (κ1) is 13.7. The van der Waals surface area contributed by atoms with Crippen LogP contribution in [0, 0.1) is 0 Å². The maximum absolute atomic E-state index is 10.00. The zero-order valence-corrected chi connectivity index (χ0v) is 11.9. The van der Waals surface area contributed by atoms with Gasteiger partial charge in [-0.05, 0) is 37.6 Å². The van der Waals surface area contributed by atoms with Crippen LogP contribution >= 0.6 is 0 Å². The maximum atomic E-state index is 10.00. The van der Waals surface area contributed by atoms with E-state index < -0.39 is 0 Å². The van der Waals surface area contributed by atoms with Crippen LogP contribution in [0.1, 0.15) is 18.9 Å². The minimum atomic E-state index is -0.382. The Kier molecular flexibility index (Phi) is 3.83. The first-order chi connectivity index (χ1) is 9.74. The summed E-state index contributed by atoms with van der Waals surface area (Å²) < 4.78 is 10.8. The quantitative estimate of drug-likeness (QED) is 0.861. The molecule has 0 spiro atoms. The van der Waals surface area contributed by atoms with E-state index in [-0.39, 0.29) is 18.9 Å². The summed E-state index contributed by atoms with van der Waals surface area (Å²) in [5, 5.41) is 13.4. The second-order valence-corrected chi connectivity index (χ2v) is 5.59. The van der Waals surface area contributed by atoms with Crippen molar-refractivity contribution in [3.8, 4) is 11.5 Å². The average Bonchev–Trinajstić information content (AvgIpc) is 2.77. The Morgan fingerprint density at radius 3 is 2.95 bits per heavy atom. The largest absolute Gasteiger partial charge is 0.454 e. The molecule has 2 aliphatic heterocycles. The van der Waals surface area contributed by atoms with Crippen LogP contribution in [-0.4, -0.2) is 49.6 Å². The number of aliphatic hydroxyl groups excluding tert-OH is 1. The second kappa shape index (κ2) is 5.60. The molecule has 5 heteroatoms. The van der Waals surface area contributed by atoms with E-state index in [0.29, 0.717) is 0 Å². The van der Waals surface area contributed by atoms with Gasteiger partial charge in [0, 0.05) is 19.6 Å². The summed E-state index contributed by atoms with van der Waals surface area (Å²) >= 11 is 0. The van der Waals surface area contributed by atoms with Gasteiger partial charge < -0.3 is 19.9 Å². The smallest absolute Gasteiger partial charge is 0.231 e. The third-order valence-corrected chi connectivity index (χ3v) is 4.34. The van der Waals surface area contributed by atoms with Crippen molar-refractivity contribution in [1.82, 2.24) is 10.2 Å². The number of nitrogens with zero attached hydrogens (tertiary/aromatic N) is 1. The first-order valence-electron chi connectivity index (χ1n) is 7.21. The summed E-state index contributed by atoms with van der Waals surface area (Å²) in [6.45, 7) is 6.38. The Bertz CT molecular complexity index is 472. The molecule has 20 heavy (non-hydrogen) atoms. The van der Waals surface area contributed by atoms with Crippen LogP contribution in [0.4, 0.5) is 0 Å². The van der Waals surface area contributed by atoms with Crippen molar-refractivity contribution in [3.63, 3.8) is 0 Å². The van der Waals surface area contributed by atoms with Crippen molar-refractivity contribution in [3.05, 3.63) is 23.8 Å². The lowest BCUT2D eigenvalue weighted by Gasteiger charge is -2.40. The van der Waals surface area contributed by atoms with Gasteiger partial charge in [-0.1, -0.05) is 6.07 Å². The van der Waals surface area contributed by atoms with Gasteiger partial charge in [0.05, 0.1) is 12.1 Å². The molecule has 0 amide bonds. The summed E-state index contributed by atoms with van der Waals surface area (Å²) in [6.07, 6.45) is 1.10. The molecule has 1 atom stereocenters. The van der Waals surface area contributed by atoms with Crippen molar-refractivity contribution in [2.24, 2.45) is 0 Å². The van der Waals surface area contributed by atoms with E-state index in [1.165, 1.54) is 0 Å². The predicted octanol–water partition coefficient (Wildman–Crippen LogP) is 0.918. The van der Waals surface area contributed by atoms with Crippen LogP contribution in [0.2, 0.25) is 0 Å². The topological polar surface area (TPSA) is 54.0 Å². The molecule has 1 aromatic carbocycles. The minimum Gasteiger partial charge on any atom is -0.454 e. The van der Waals surface area contributed by atoms with Gasteiger partial charge in [0.15, 0.2) is 11.5 Å². The summed E-state index contributed by atoms with van der Waals surface area (Å²) in [5.74, 6) is 1.56. The molecule has 2 N–H and O–H groups in total. The SMILES string of the molecule is CC(CO)(c1ccc2c(c1)OCO2)N1CCCNCC1. The number of ether oxygens (including phenoxy) is 2. The number of nitrogens with one attached hydrogen (secondary N) is 1. The molecule has 1 unspecified atom stereocenters. The molecule has 3 rings (SSSR count). The Balaban J connectivity index is 1.90. The molecule has 0 aromatic heterocycles. The molecule has 0 saturated carbocycles. The molecule has 1 saturated heterocycles. The monoisotopic (exact) mass is 278 g/mol. The van der Waals surface area contributed by atoms with Crippen LogP contribution in [0.15, 0.2) is 18.2 Å². The lowest BCUT2D eigenvalue weighted by Crippen LogP contribution is -2.48. The number of aliphatic hydroxyl groups is 1. The van der Waals surface area contributed by atoms with Crippen LogP contribution in [-0.2, 0) is 5.54 Å². The Hall–Kier alpha value is -1.30. The van der Waals surface area contributed by atoms with Crippen molar-refractivity contribution >= 4 is 0 Å². The Morgan fingerprint density at radius 2 is 2.10 bits per heavy atom. The van der Waals surface area contributed by atoms with E-state index in [9.17, 15) is 5.11 Å². The Morgan fingerprint density at radius 1 is 1.25 bits per heavy atom. The summed E-state index contributed by atoms with van der Waals surface area (Å²) in [4.78, 5) is 2.35. The van der Waals surface area contributed by atoms with Gasteiger partial charge in [-0.25, -0.2) is 0 Å². The second-order valence-electron chi connectivity index (χ2n) is 5.59. The molecule has 1 aromatic rings. The third-order valence-electron chi connectivity index (χ3n) is 4.34. The highest BCUT2D eigenvalue weighted by atomic mass is 16.7. The molecule has 2 aliphatic rings. The molecule has 0 bridgehead atoms. The predicted molar refractivity (Wildman–Crippen MR) is 76.1 cm³/mol. The zero-order chi connectivity index (χ0) is 14.0. The van der Waals surface area contributed by atoms with Crippen LogP contribution in [0.5, 0.6) is 11.5 Å². The average molecular weight is 278 g/mol. The van der Waals surface area contributed by atoms with Crippen molar-refractivity contribution in [1.29, 1.82) is 0 Å². The maximum Gasteiger partial charge on any atom is 0.231 e. The molecule has 0 aliphatic carbocycles. The summed E-state index contributed by atoms with van der Waals surface area (Å²) in [5.41, 5.74) is 0.693. The summed E-state index contributed by atoms with van der Waals surface area (Å²) in [7, 11) is 0. The van der Waals surface area contributed by atoms with Gasteiger partial charge in [0.25, 0.3) is 0 Å². The number of hydrogen-bond donors (Lipinski definition) is 2. The normalized spacial score (nSPS) is 22.3. The first-order valence-corrected chi connectivity index (χ1v) is 7.21. The lowest BCUT2D eigenvalue weighted by atomic mass is 9.90. The fourth-order valence-electron chi connectivity index (χ4n) is 2.94. The van der Waals surface area contributed by atoms with Crippen LogP contribution < -0.4 is 14.8 Å². The van der Waals surface area contributed by atoms with E-state index in [0.717, 1.165) is 49.7 Å². The molecule has 0 radical (unpaired) electrons. The minimum absolute atomic E-state index is 0.0899. The number of rotatable bonds is 3. The fourth-order valence-corrected chi connectivity index (χ4v) is 2.94. The Labute approximate surface area is 119 Å².